The van der Waals surface area contributed by atoms with Gasteiger partial charge in [-0.25, -0.2) is 17.8 Å². The Morgan fingerprint density at radius 2 is 1.76 bits per heavy atom. The van der Waals surface area contributed by atoms with Gasteiger partial charge in [-0.15, -0.1) is 0 Å². The number of benzene rings is 2. The van der Waals surface area contributed by atoms with Gasteiger partial charge in [0.05, 0.1) is 40.2 Å². The van der Waals surface area contributed by atoms with E-state index >= 15 is 0 Å². The highest BCUT2D eigenvalue weighted by Gasteiger charge is 2.17. The standard InChI is InChI=1S/C34H26FN7O3S/c1-46(44,45)12-10-20-13-22(15-24(35)14-20)31-26-17-30(39-28(26)9-11-37-31)33-32-29(41-42-33)8-7-27(40-32)23-16-25(19-36-18-23)38-34(43)21-5-3-2-4-6-21/h2-9,11,13-19,39H,10,12H2,1H3,(H,38,43)(H,41,42). The first-order valence-corrected chi connectivity index (χ1v) is 16.4. The lowest BCUT2D eigenvalue weighted by atomic mass is 10.0. The molecule has 10 nitrogen and oxygen atoms in total. The minimum absolute atomic E-state index is 0.0777. The number of aryl methyl sites for hydroxylation is 1. The van der Waals surface area contributed by atoms with Gasteiger partial charge in [0.25, 0.3) is 5.91 Å². The van der Waals surface area contributed by atoms with Crippen molar-refractivity contribution in [1.82, 2.24) is 30.1 Å². The number of halogens is 1. The molecule has 2 aromatic carbocycles. The lowest BCUT2D eigenvalue weighted by Gasteiger charge is -2.07. The van der Waals surface area contributed by atoms with E-state index in [9.17, 15) is 17.6 Å². The van der Waals surface area contributed by atoms with Crippen molar-refractivity contribution in [3.05, 3.63) is 114 Å². The SMILES string of the molecule is CS(=O)(=O)CCc1cc(F)cc(-c2nccc3[nH]c(-c4n[nH]c5ccc(-c6cncc(NC(=O)c7ccccc7)c6)nc45)cc23)c1. The third-order valence-electron chi connectivity index (χ3n) is 7.53. The topological polar surface area (TPSA) is 146 Å². The van der Waals surface area contributed by atoms with E-state index in [0.29, 0.717) is 56.2 Å². The summed E-state index contributed by atoms with van der Waals surface area (Å²) in [6.07, 6.45) is 6.25. The number of carbonyl (C=O) groups excluding carboxylic acids is 1. The van der Waals surface area contributed by atoms with Crippen molar-refractivity contribution in [2.75, 3.05) is 17.3 Å². The highest BCUT2D eigenvalue weighted by atomic mass is 32.2. The molecule has 46 heavy (non-hydrogen) atoms. The van der Waals surface area contributed by atoms with E-state index in [-0.39, 0.29) is 18.1 Å². The molecule has 0 aliphatic carbocycles. The Morgan fingerprint density at radius 1 is 0.913 bits per heavy atom. The number of H-pyrrole nitrogens is 2. The molecule has 3 N–H and O–H groups in total. The van der Waals surface area contributed by atoms with Crippen LogP contribution in [0.5, 0.6) is 0 Å². The van der Waals surface area contributed by atoms with Crippen LogP contribution in [-0.4, -0.2) is 56.5 Å². The molecular formula is C34H26FN7O3S. The Kier molecular flexibility index (Phi) is 7.33. The number of nitrogens with one attached hydrogen (secondary N) is 3. The number of aromatic nitrogens is 6. The van der Waals surface area contributed by atoms with Crippen molar-refractivity contribution in [2.24, 2.45) is 0 Å². The third-order valence-corrected chi connectivity index (χ3v) is 8.48. The molecule has 12 heteroatoms. The summed E-state index contributed by atoms with van der Waals surface area (Å²) in [6.45, 7) is 0. The van der Waals surface area contributed by atoms with Crippen LogP contribution in [0.1, 0.15) is 15.9 Å². The van der Waals surface area contributed by atoms with E-state index in [1.54, 1.807) is 48.9 Å². The van der Waals surface area contributed by atoms with Gasteiger partial charge in [-0.3, -0.25) is 19.9 Å². The lowest BCUT2D eigenvalue weighted by Crippen LogP contribution is -2.11. The fraction of sp³-hybridized carbons (Fsp3) is 0.0882. The second-order valence-electron chi connectivity index (χ2n) is 11.0. The summed E-state index contributed by atoms with van der Waals surface area (Å²) in [7, 11) is -3.20. The predicted molar refractivity (Wildman–Crippen MR) is 175 cm³/mol. The van der Waals surface area contributed by atoms with Gasteiger partial charge >= 0.3 is 0 Å². The summed E-state index contributed by atoms with van der Waals surface area (Å²) in [5.41, 5.74) is 7.44. The molecule has 0 bridgehead atoms. The molecule has 0 saturated carbocycles. The van der Waals surface area contributed by atoms with Crippen LogP contribution in [-0.2, 0) is 16.3 Å². The van der Waals surface area contributed by atoms with Gasteiger partial charge < -0.3 is 10.3 Å². The first kappa shape index (κ1) is 29.0. The highest BCUT2D eigenvalue weighted by Crippen LogP contribution is 2.34. The number of carbonyl (C=O) groups is 1. The second-order valence-corrected chi connectivity index (χ2v) is 13.2. The van der Waals surface area contributed by atoms with Crippen molar-refractivity contribution < 1.29 is 17.6 Å². The molecule has 5 aromatic heterocycles. The smallest absolute Gasteiger partial charge is 0.255 e. The maximum absolute atomic E-state index is 14.6. The average Bonchev–Trinajstić information content (AvgIpc) is 3.68. The van der Waals surface area contributed by atoms with E-state index in [1.165, 1.54) is 12.1 Å². The molecule has 0 atom stereocenters. The zero-order valence-electron chi connectivity index (χ0n) is 24.5. The number of sulfone groups is 1. The second kappa shape index (κ2) is 11.6. The van der Waals surface area contributed by atoms with Crippen molar-refractivity contribution in [1.29, 1.82) is 0 Å². The van der Waals surface area contributed by atoms with Crippen LogP contribution in [0, 0.1) is 5.82 Å². The van der Waals surface area contributed by atoms with Crippen LogP contribution < -0.4 is 5.32 Å². The van der Waals surface area contributed by atoms with E-state index < -0.39 is 15.7 Å². The van der Waals surface area contributed by atoms with Gasteiger partial charge in [-0.2, -0.15) is 5.10 Å². The third kappa shape index (κ3) is 5.97. The Bertz CT molecular complexity index is 2370. The highest BCUT2D eigenvalue weighted by molar-refractivity contribution is 7.90. The van der Waals surface area contributed by atoms with Crippen LogP contribution in [0.15, 0.2) is 97.5 Å². The largest absolute Gasteiger partial charge is 0.353 e. The molecule has 0 spiro atoms. The fourth-order valence-electron chi connectivity index (χ4n) is 5.33. The van der Waals surface area contributed by atoms with Crippen LogP contribution >= 0.6 is 0 Å². The molecule has 7 aromatic rings. The van der Waals surface area contributed by atoms with Crippen molar-refractivity contribution in [3.63, 3.8) is 0 Å². The zero-order chi connectivity index (χ0) is 31.8. The summed E-state index contributed by atoms with van der Waals surface area (Å²) in [5, 5.41) is 11.2. The fourth-order valence-corrected chi connectivity index (χ4v) is 5.94. The molecular weight excluding hydrogens is 605 g/mol. The first-order valence-electron chi connectivity index (χ1n) is 14.3. The van der Waals surface area contributed by atoms with Gasteiger partial charge in [-0.05, 0) is 72.6 Å². The molecule has 7 rings (SSSR count). The number of fused-ring (bicyclic) bond motifs is 2. The number of pyridine rings is 3. The quantitative estimate of drug-likeness (QED) is 0.181. The summed E-state index contributed by atoms with van der Waals surface area (Å²) in [6, 6.07) is 22.7. The summed E-state index contributed by atoms with van der Waals surface area (Å²) in [5.74, 6) is -0.786. The molecule has 0 aliphatic heterocycles. The summed E-state index contributed by atoms with van der Waals surface area (Å²) >= 11 is 0. The number of amides is 1. The number of hydrogen-bond acceptors (Lipinski definition) is 7. The number of anilines is 1. The van der Waals surface area contributed by atoms with Crippen LogP contribution in [0.2, 0.25) is 0 Å². The predicted octanol–water partition coefficient (Wildman–Crippen LogP) is 6.21. The number of hydrogen-bond donors (Lipinski definition) is 3. The molecule has 0 fully saturated rings. The molecule has 0 radical (unpaired) electrons. The maximum Gasteiger partial charge on any atom is 0.255 e. The summed E-state index contributed by atoms with van der Waals surface area (Å²) in [4.78, 5) is 29.8. The molecule has 228 valence electrons. The minimum atomic E-state index is -3.20. The van der Waals surface area contributed by atoms with Crippen molar-refractivity contribution in [2.45, 2.75) is 6.42 Å². The Morgan fingerprint density at radius 3 is 2.59 bits per heavy atom. The normalized spacial score (nSPS) is 11.7. The first-order chi connectivity index (χ1) is 22.2. The Balaban J connectivity index is 1.22. The summed E-state index contributed by atoms with van der Waals surface area (Å²) < 4.78 is 38.0. The molecule has 0 aliphatic rings. The van der Waals surface area contributed by atoms with Gasteiger partial charge in [0.1, 0.15) is 26.9 Å². The van der Waals surface area contributed by atoms with E-state index in [2.05, 4.69) is 30.5 Å². The van der Waals surface area contributed by atoms with Crippen LogP contribution in [0.4, 0.5) is 10.1 Å². The van der Waals surface area contributed by atoms with Gasteiger partial charge in [0.15, 0.2) is 0 Å². The van der Waals surface area contributed by atoms with Crippen LogP contribution in [0.25, 0.3) is 55.8 Å². The Hall–Kier alpha value is -5.75. The van der Waals surface area contributed by atoms with E-state index in [1.807, 2.05) is 36.4 Å². The molecule has 0 saturated heterocycles. The number of nitrogens with zero attached hydrogens (tertiary/aromatic N) is 4. The van der Waals surface area contributed by atoms with Gasteiger partial charge in [0.2, 0.25) is 0 Å². The number of rotatable bonds is 8. The molecule has 5 heterocycles. The maximum atomic E-state index is 14.6. The molecule has 1 amide bonds. The molecule has 0 unspecified atom stereocenters. The van der Waals surface area contributed by atoms with Crippen LogP contribution in [0.3, 0.4) is 0 Å². The van der Waals surface area contributed by atoms with Gasteiger partial charge in [0, 0.05) is 46.2 Å². The zero-order valence-corrected chi connectivity index (χ0v) is 25.3. The van der Waals surface area contributed by atoms with Gasteiger partial charge in [-0.1, -0.05) is 18.2 Å². The van der Waals surface area contributed by atoms with E-state index in [4.69, 9.17) is 4.98 Å². The van der Waals surface area contributed by atoms with Crippen molar-refractivity contribution >= 4 is 43.4 Å². The van der Waals surface area contributed by atoms with E-state index in [0.717, 1.165) is 22.7 Å². The Labute approximate surface area is 262 Å². The average molecular weight is 632 g/mol. The number of aromatic amines is 2. The lowest BCUT2D eigenvalue weighted by molar-refractivity contribution is 0.102. The monoisotopic (exact) mass is 631 g/mol. The van der Waals surface area contributed by atoms with Crippen molar-refractivity contribution in [3.8, 4) is 33.9 Å². The minimum Gasteiger partial charge on any atom is -0.353 e.